The van der Waals surface area contributed by atoms with Crippen LogP contribution in [0.2, 0.25) is 0 Å². The van der Waals surface area contributed by atoms with Gasteiger partial charge in [-0.05, 0) is 25.1 Å². The van der Waals surface area contributed by atoms with Crippen molar-refractivity contribution >= 4 is 5.91 Å². The van der Waals surface area contributed by atoms with Crippen LogP contribution >= 0.6 is 0 Å². The number of likely N-dealkylation sites (N-methyl/N-ethyl adjacent to an activating group) is 1. The molecule has 0 N–H and O–H groups in total. The summed E-state index contributed by atoms with van der Waals surface area (Å²) in [4.78, 5) is 14.0. The van der Waals surface area contributed by atoms with E-state index in [1.807, 2.05) is 6.20 Å². The molecule has 0 atom stereocenters. The lowest BCUT2D eigenvalue weighted by atomic mass is 10.4. The van der Waals surface area contributed by atoms with E-state index in [1.165, 1.54) is 36.9 Å². The van der Waals surface area contributed by atoms with Gasteiger partial charge in [0.2, 0.25) is 5.91 Å². The van der Waals surface area contributed by atoms with E-state index in [2.05, 4.69) is 18.1 Å². The summed E-state index contributed by atoms with van der Waals surface area (Å²) in [5, 5.41) is 0. The molecule has 0 radical (unpaired) electrons. The number of nitrogens with zero attached hydrogens (tertiary/aromatic N) is 2. The third kappa shape index (κ3) is 5.41. The molecule has 1 heterocycles. The number of carbonyl (C=O) groups excluding carboxylic acids is 1. The van der Waals surface area contributed by atoms with Crippen LogP contribution in [0.3, 0.4) is 0 Å². The van der Waals surface area contributed by atoms with Crippen LogP contribution in [0, 0.1) is 0 Å². The van der Waals surface area contributed by atoms with Gasteiger partial charge in [-0.25, -0.2) is 0 Å². The molecular formula is C11H20N2O. The van der Waals surface area contributed by atoms with Crippen molar-refractivity contribution in [3.63, 3.8) is 0 Å². The second kappa shape index (κ2) is 7.18. The molecule has 3 heteroatoms. The average molecular weight is 196 g/mol. The Balaban J connectivity index is 0.000000241. The van der Waals surface area contributed by atoms with E-state index in [9.17, 15) is 4.79 Å². The standard InChI is InChI=1S/C6H11N.C5H9NO/c1-2-7-5-3-4-6-7;1-4-5(7)6(2)3/h2H,1,3-6H2;4H,1H2,2-3H3. The first kappa shape index (κ1) is 12.8. The summed E-state index contributed by atoms with van der Waals surface area (Å²) in [7, 11) is 3.37. The summed E-state index contributed by atoms with van der Waals surface area (Å²) in [6.45, 7) is 9.41. The van der Waals surface area contributed by atoms with E-state index in [-0.39, 0.29) is 5.91 Å². The first-order valence-electron chi connectivity index (χ1n) is 4.82. The quantitative estimate of drug-likeness (QED) is 0.625. The Morgan fingerprint density at radius 1 is 1.29 bits per heavy atom. The molecular weight excluding hydrogens is 176 g/mol. The first-order chi connectivity index (χ1) is 6.61. The van der Waals surface area contributed by atoms with Crippen LogP contribution in [0.4, 0.5) is 0 Å². The van der Waals surface area contributed by atoms with Crippen LogP contribution < -0.4 is 0 Å². The predicted octanol–water partition coefficient (Wildman–Crippen LogP) is 1.49. The topological polar surface area (TPSA) is 23.6 Å². The molecule has 1 fully saturated rings. The van der Waals surface area contributed by atoms with Crippen molar-refractivity contribution in [3.8, 4) is 0 Å². The van der Waals surface area contributed by atoms with Gasteiger partial charge in [0.25, 0.3) is 0 Å². The molecule has 0 aromatic heterocycles. The van der Waals surface area contributed by atoms with E-state index >= 15 is 0 Å². The second-order valence-electron chi connectivity index (χ2n) is 3.36. The third-order valence-corrected chi connectivity index (χ3v) is 2.01. The van der Waals surface area contributed by atoms with Gasteiger partial charge in [-0.15, -0.1) is 0 Å². The zero-order valence-electron chi connectivity index (χ0n) is 9.20. The Kier molecular flexibility index (Phi) is 6.54. The minimum atomic E-state index is -0.0556. The largest absolute Gasteiger partial charge is 0.378 e. The van der Waals surface area contributed by atoms with Gasteiger partial charge in [-0.3, -0.25) is 4.79 Å². The Hall–Kier alpha value is -1.25. The summed E-state index contributed by atoms with van der Waals surface area (Å²) in [6.07, 6.45) is 5.91. The van der Waals surface area contributed by atoms with Crippen molar-refractivity contribution < 1.29 is 4.79 Å². The minimum absolute atomic E-state index is 0.0556. The Labute approximate surface area is 86.7 Å². The molecule has 0 saturated carbocycles. The molecule has 0 aliphatic carbocycles. The number of carbonyl (C=O) groups is 1. The fourth-order valence-corrected chi connectivity index (χ4v) is 1.11. The van der Waals surface area contributed by atoms with Gasteiger partial charge in [0.05, 0.1) is 0 Å². The molecule has 3 nitrogen and oxygen atoms in total. The highest BCUT2D eigenvalue weighted by Crippen LogP contribution is 2.05. The molecule has 0 aromatic carbocycles. The van der Waals surface area contributed by atoms with Gasteiger partial charge in [-0.2, -0.15) is 0 Å². The number of hydrogen-bond donors (Lipinski definition) is 0. The lowest BCUT2D eigenvalue weighted by molar-refractivity contribution is -0.123. The van der Waals surface area contributed by atoms with E-state index in [0.29, 0.717) is 0 Å². The lowest BCUT2D eigenvalue weighted by Gasteiger charge is -2.07. The van der Waals surface area contributed by atoms with Crippen LogP contribution in [0.15, 0.2) is 25.4 Å². The van der Waals surface area contributed by atoms with Gasteiger partial charge in [0.1, 0.15) is 0 Å². The van der Waals surface area contributed by atoms with Crippen LogP contribution in [0.1, 0.15) is 12.8 Å². The Morgan fingerprint density at radius 3 is 1.93 bits per heavy atom. The lowest BCUT2D eigenvalue weighted by Crippen LogP contribution is -2.18. The fraction of sp³-hybridized carbons (Fsp3) is 0.545. The van der Waals surface area contributed by atoms with Crippen molar-refractivity contribution in [1.82, 2.24) is 9.80 Å². The van der Waals surface area contributed by atoms with E-state index < -0.39 is 0 Å². The van der Waals surface area contributed by atoms with Gasteiger partial charge in [-0.1, -0.05) is 13.2 Å². The van der Waals surface area contributed by atoms with Crippen LogP contribution in [-0.4, -0.2) is 42.9 Å². The van der Waals surface area contributed by atoms with Gasteiger partial charge < -0.3 is 9.80 Å². The first-order valence-corrected chi connectivity index (χ1v) is 4.82. The molecule has 0 unspecified atom stereocenters. The summed E-state index contributed by atoms with van der Waals surface area (Å²) in [5.74, 6) is -0.0556. The molecule has 1 amide bonds. The maximum Gasteiger partial charge on any atom is 0.245 e. The van der Waals surface area contributed by atoms with Crippen LogP contribution in [0.5, 0.6) is 0 Å². The van der Waals surface area contributed by atoms with Crippen molar-refractivity contribution in [1.29, 1.82) is 0 Å². The van der Waals surface area contributed by atoms with Crippen molar-refractivity contribution in [2.75, 3.05) is 27.2 Å². The monoisotopic (exact) mass is 196 g/mol. The highest BCUT2D eigenvalue weighted by atomic mass is 16.2. The van der Waals surface area contributed by atoms with Crippen LogP contribution in [-0.2, 0) is 4.79 Å². The van der Waals surface area contributed by atoms with Crippen molar-refractivity contribution in [2.24, 2.45) is 0 Å². The number of rotatable bonds is 2. The molecule has 1 saturated heterocycles. The molecule has 14 heavy (non-hydrogen) atoms. The molecule has 80 valence electrons. The second-order valence-corrected chi connectivity index (χ2v) is 3.36. The van der Waals surface area contributed by atoms with E-state index in [0.717, 1.165) is 0 Å². The van der Waals surface area contributed by atoms with E-state index in [1.54, 1.807) is 14.1 Å². The Bertz CT molecular complexity index is 193. The van der Waals surface area contributed by atoms with Crippen molar-refractivity contribution in [3.05, 3.63) is 25.4 Å². The summed E-state index contributed by atoms with van der Waals surface area (Å²) < 4.78 is 0. The maximum atomic E-state index is 10.3. The normalized spacial score (nSPS) is 14.0. The zero-order chi connectivity index (χ0) is 11.0. The number of likely N-dealkylation sites (tertiary alicyclic amines) is 1. The summed E-state index contributed by atoms with van der Waals surface area (Å²) in [6, 6.07) is 0. The molecule has 1 aliphatic rings. The van der Waals surface area contributed by atoms with Gasteiger partial charge in [0, 0.05) is 27.2 Å². The van der Waals surface area contributed by atoms with E-state index in [4.69, 9.17) is 0 Å². The minimum Gasteiger partial charge on any atom is -0.378 e. The molecule has 0 spiro atoms. The average Bonchev–Trinajstić information content (AvgIpc) is 2.69. The third-order valence-electron chi connectivity index (χ3n) is 2.01. The summed E-state index contributed by atoms with van der Waals surface area (Å²) in [5.41, 5.74) is 0. The number of hydrogen-bond acceptors (Lipinski definition) is 2. The SMILES string of the molecule is C=CC(=O)N(C)C.C=CN1CCCC1. The smallest absolute Gasteiger partial charge is 0.245 e. The molecule has 1 aliphatic heterocycles. The molecule has 0 aromatic rings. The fourth-order valence-electron chi connectivity index (χ4n) is 1.11. The Morgan fingerprint density at radius 2 is 1.79 bits per heavy atom. The van der Waals surface area contributed by atoms with Crippen LogP contribution in [0.25, 0.3) is 0 Å². The highest BCUT2D eigenvalue weighted by molar-refractivity contribution is 5.86. The zero-order valence-corrected chi connectivity index (χ0v) is 9.20. The molecule has 0 bridgehead atoms. The van der Waals surface area contributed by atoms with Gasteiger partial charge in [0.15, 0.2) is 0 Å². The molecule has 1 rings (SSSR count). The van der Waals surface area contributed by atoms with Crippen molar-refractivity contribution in [2.45, 2.75) is 12.8 Å². The summed E-state index contributed by atoms with van der Waals surface area (Å²) >= 11 is 0. The predicted molar refractivity (Wildman–Crippen MR) is 59.9 cm³/mol. The maximum absolute atomic E-state index is 10.3. The number of amides is 1. The van der Waals surface area contributed by atoms with Gasteiger partial charge >= 0.3 is 0 Å². The highest BCUT2D eigenvalue weighted by Gasteiger charge is 2.04.